The Morgan fingerprint density at radius 2 is 1.57 bits per heavy atom. The molecule has 0 unspecified atom stereocenters. The third-order valence-corrected chi connectivity index (χ3v) is 7.42. The fourth-order valence-electron chi connectivity index (χ4n) is 4.19. The zero-order chi connectivity index (χ0) is 26.4. The van der Waals surface area contributed by atoms with Gasteiger partial charge in [-0.1, -0.05) is 71.2 Å². The third-order valence-electron chi connectivity index (χ3n) is 6.22. The Bertz CT molecular complexity index is 1780. The molecule has 3 heterocycles. The highest BCUT2D eigenvalue weighted by Gasteiger charge is 2.19. The van der Waals surface area contributed by atoms with E-state index in [0.717, 1.165) is 5.56 Å². The van der Waals surface area contributed by atoms with Crippen LogP contribution in [0.1, 0.15) is 16.2 Å². The van der Waals surface area contributed by atoms with Crippen LogP contribution in [0.4, 0.5) is 0 Å². The smallest absolute Gasteiger partial charge is 0.277 e. The maximum absolute atomic E-state index is 12.7. The van der Waals surface area contributed by atoms with Crippen LogP contribution in [0.25, 0.3) is 39.0 Å². The summed E-state index contributed by atoms with van der Waals surface area (Å²) in [7, 11) is 3.04. The molecule has 0 saturated carbocycles. The van der Waals surface area contributed by atoms with Gasteiger partial charge in [0, 0.05) is 46.6 Å². The van der Waals surface area contributed by atoms with Crippen molar-refractivity contribution in [3.63, 3.8) is 0 Å². The Morgan fingerprint density at radius 3 is 2.22 bits per heavy atom. The number of fused-ring (bicyclic) bond motifs is 1. The monoisotopic (exact) mass is 552 g/mol. The normalized spacial score (nSPS) is 11.2. The number of ether oxygens (including phenoxy) is 1. The molecule has 7 nitrogen and oxygen atoms in total. The predicted octanol–water partition coefficient (Wildman–Crippen LogP) is 6.52. The molecule has 0 fully saturated rings. The standard InChI is InChI=1S/C27H19Cl3N4O3/c1-14-20(28)11-21(31-26(14)37-3)19-9-5-8-18(25(19)30)17-7-4-6-16(24(17)29)15-10-22-27(36)33(2)23(13-35)32-34(22)12-15/h4-13H,1-3H3. The summed E-state index contributed by atoms with van der Waals surface area (Å²) in [5, 5.41) is 5.62. The summed E-state index contributed by atoms with van der Waals surface area (Å²) >= 11 is 20.2. The van der Waals surface area contributed by atoms with Crippen molar-refractivity contribution in [1.82, 2.24) is 19.2 Å². The highest BCUT2D eigenvalue weighted by Crippen LogP contribution is 2.43. The number of pyridine rings is 1. The first-order valence-corrected chi connectivity index (χ1v) is 12.2. The van der Waals surface area contributed by atoms with Gasteiger partial charge >= 0.3 is 0 Å². The number of aldehydes is 1. The summed E-state index contributed by atoms with van der Waals surface area (Å²) in [6, 6.07) is 14.6. The number of methoxy groups -OCH3 is 1. The lowest BCUT2D eigenvalue weighted by Crippen LogP contribution is -2.24. The molecule has 0 bridgehead atoms. The molecule has 0 N–H and O–H groups in total. The molecule has 0 atom stereocenters. The topological polar surface area (TPSA) is 78.5 Å². The van der Waals surface area contributed by atoms with Crippen LogP contribution < -0.4 is 10.3 Å². The number of carbonyl (C=O) groups excluding carboxylic acids is 1. The molecule has 37 heavy (non-hydrogen) atoms. The number of halogens is 3. The molecule has 0 radical (unpaired) electrons. The van der Waals surface area contributed by atoms with Crippen molar-refractivity contribution < 1.29 is 9.53 Å². The number of benzene rings is 2. The predicted molar refractivity (Wildman–Crippen MR) is 146 cm³/mol. The number of aromatic nitrogens is 4. The first kappa shape index (κ1) is 25.0. The van der Waals surface area contributed by atoms with E-state index in [2.05, 4.69) is 10.1 Å². The summed E-state index contributed by atoms with van der Waals surface area (Å²) in [5.74, 6) is 0.437. The van der Waals surface area contributed by atoms with Gasteiger partial charge in [-0.05, 0) is 19.1 Å². The molecule has 0 aliphatic heterocycles. The summed E-state index contributed by atoms with van der Waals surface area (Å²) in [4.78, 5) is 28.6. The van der Waals surface area contributed by atoms with Crippen LogP contribution in [0.5, 0.6) is 5.88 Å². The van der Waals surface area contributed by atoms with E-state index in [1.807, 2.05) is 43.3 Å². The molecule has 0 amide bonds. The molecule has 5 rings (SSSR count). The van der Waals surface area contributed by atoms with Crippen molar-refractivity contribution in [2.75, 3.05) is 7.11 Å². The molecule has 5 aromatic rings. The average Bonchev–Trinajstić information content (AvgIpc) is 3.32. The average molecular weight is 554 g/mol. The quantitative estimate of drug-likeness (QED) is 0.232. The van der Waals surface area contributed by atoms with Crippen molar-refractivity contribution in [3.05, 3.63) is 91.5 Å². The zero-order valence-corrected chi connectivity index (χ0v) is 22.2. The number of carbonyl (C=O) groups is 1. The molecule has 0 saturated heterocycles. The van der Waals surface area contributed by atoms with Crippen LogP contribution in [0.15, 0.2) is 59.5 Å². The Balaban J connectivity index is 1.65. The van der Waals surface area contributed by atoms with Crippen LogP contribution in [0.3, 0.4) is 0 Å². The van der Waals surface area contributed by atoms with E-state index in [9.17, 15) is 9.59 Å². The van der Waals surface area contributed by atoms with E-state index in [4.69, 9.17) is 39.5 Å². The van der Waals surface area contributed by atoms with Gasteiger partial charge in [0.05, 0.1) is 27.9 Å². The highest BCUT2D eigenvalue weighted by atomic mass is 35.5. The van der Waals surface area contributed by atoms with Crippen LogP contribution in [0, 0.1) is 6.92 Å². The molecule has 3 aromatic heterocycles. The van der Waals surface area contributed by atoms with Crippen LogP contribution >= 0.6 is 34.8 Å². The fraction of sp³-hybridized carbons (Fsp3) is 0.111. The summed E-state index contributed by atoms with van der Waals surface area (Å²) < 4.78 is 7.96. The molecule has 0 aliphatic carbocycles. The van der Waals surface area contributed by atoms with Gasteiger partial charge in [-0.25, -0.2) is 9.50 Å². The van der Waals surface area contributed by atoms with E-state index >= 15 is 0 Å². The number of nitrogens with zero attached hydrogens (tertiary/aromatic N) is 4. The largest absolute Gasteiger partial charge is 0.481 e. The zero-order valence-electron chi connectivity index (χ0n) is 19.9. The van der Waals surface area contributed by atoms with Crippen molar-refractivity contribution in [2.45, 2.75) is 6.92 Å². The molecule has 0 spiro atoms. The highest BCUT2D eigenvalue weighted by molar-refractivity contribution is 6.39. The van der Waals surface area contributed by atoms with Crippen LogP contribution in [-0.2, 0) is 7.05 Å². The SMILES string of the molecule is COc1nc(-c2cccc(-c3cccc(-c4cc5c(=O)n(C)c(C=O)nn5c4)c3Cl)c2Cl)cc(Cl)c1C. The summed E-state index contributed by atoms with van der Waals surface area (Å²) in [6.45, 7) is 1.83. The van der Waals surface area contributed by atoms with Gasteiger partial charge in [0.2, 0.25) is 5.88 Å². The van der Waals surface area contributed by atoms with Gasteiger partial charge in [-0.15, -0.1) is 5.10 Å². The second kappa shape index (κ2) is 9.67. The number of rotatable bonds is 5. The number of hydrogen-bond donors (Lipinski definition) is 0. The summed E-state index contributed by atoms with van der Waals surface area (Å²) in [5.41, 5.74) is 4.70. The van der Waals surface area contributed by atoms with E-state index in [-0.39, 0.29) is 11.4 Å². The van der Waals surface area contributed by atoms with Gasteiger partial charge in [0.15, 0.2) is 12.1 Å². The van der Waals surface area contributed by atoms with Gasteiger partial charge in [-0.3, -0.25) is 14.2 Å². The molecule has 186 valence electrons. The minimum absolute atomic E-state index is 0.0181. The first-order chi connectivity index (χ1) is 17.7. The third kappa shape index (κ3) is 4.19. The minimum Gasteiger partial charge on any atom is -0.481 e. The molecular formula is C27H19Cl3N4O3. The van der Waals surface area contributed by atoms with Gasteiger partial charge in [-0.2, -0.15) is 0 Å². The second-order valence-electron chi connectivity index (χ2n) is 8.36. The van der Waals surface area contributed by atoms with Gasteiger partial charge in [0.1, 0.15) is 5.52 Å². The van der Waals surface area contributed by atoms with E-state index in [1.54, 1.807) is 18.3 Å². The maximum atomic E-state index is 12.7. The van der Waals surface area contributed by atoms with Crippen molar-refractivity contribution >= 4 is 46.6 Å². The van der Waals surface area contributed by atoms with Gasteiger partial charge in [0.25, 0.3) is 5.56 Å². The molecule has 0 aliphatic rings. The Kier molecular flexibility index (Phi) is 6.54. The Morgan fingerprint density at radius 1 is 0.946 bits per heavy atom. The lowest BCUT2D eigenvalue weighted by atomic mass is 9.97. The molecule has 10 heteroatoms. The first-order valence-electron chi connectivity index (χ1n) is 11.1. The number of hydrogen-bond acceptors (Lipinski definition) is 5. The lowest BCUT2D eigenvalue weighted by Gasteiger charge is -2.14. The fourth-order valence-corrected chi connectivity index (χ4v) is 5.04. The van der Waals surface area contributed by atoms with Crippen LogP contribution in [-0.4, -0.2) is 32.6 Å². The van der Waals surface area contributed by atoms with Crippen LogP contribution in [0.2, 0.25) is 15.1 Å². The van der Waals surface area contributed by atoms with Crippen molar-refractivity contribution in [2.24, 2.45) is 7.05 Å². The van der Waals surface area contributed by atoms with Gasteiger partial charge < -0.3 is 4.74 Å². The summed E-state index contributed by atoms with van der Waals surface area (Å²) in [6.07, 6.45) is 2.20. The van der Waals surface area contributed by atoms with E-state index < -0.39 is 0 Å². The van der Waals surface area contributed by atoms with Crippen molar-refractivity contribution in [1.29, 1.82) is 0 Å². The second-order valence-corrected chi connectivity index (χ2v) is 9.52. The lowest BCUT2D eigenvalue weighted by molar-refractivity contribution is 0.110. The maximum Gasteiger partial charge on any atom is 0.277 e. The Hall–Kier alpha value is -3.65. The van der Waals surface area contributed by atoms with E-state index in [0.29, 0.717) is 66.3 Å². The molecular weight excluding hydrogens is 535 g/mol. The van der Waals surface area contributed by atoms with Crippen molar-refractivity contribution in [3.8, 4) is 39.4 Å². The minimum atomic E-state index is -0.342. The van der Waals surface area contributed by atoms with E-state index in [1.165, 1.54) is 23.2 Å². The Labute approximate surface area is 226 Å². The molecule has 2 aromatic carbocycles.